The Balaban J connectivity index is 2.24. The molecule has 0 N–H and O–H groups in total. The highest BCUT2D eigenvalue weighted by Gasteiger charge is 2.10. The lowest BCUT2D eigenvalue weighted by molar-refractivity contribution is 1.18. The van der Waals surface area contributed by atoms with Crippen molar-refractivity contribution in [2.75, 3.05) is 0 Å². The maximum absolute atomic E-state index is 3.36. The Morgan fingerprint density at radius 1 is 0.684 bits per heavy atom. The highest BCUT2D eigenvalue weighted by Crippen LogP contribution is 2.30. The SMILES string of the molecule is [c]1cccc2c1c1ccccc1n2-c1ccccc1. The van der Waals surface area contributed by atoms with Gasteiger partial charge in [0.2, 0.25) is 0 Å². The number of benzene rings is 3. The van der Waals surface area contributed by atoms with Crippen LogP contribution in [0.3, 0.4) is 0 Å². The lowest BCUT2D eigenvalue weighted by Crippen LogP contribution is -1.92. The molecule has 0 unspecified atom stereocenters. The molecule has 89 valence electrons. The molecule has 0 saturated heterocycles. The number of nitrogens with zero attached hydrogens (tertiary/aromatic N) is 1. The number of aromatic nitrogens is 1. The largest absolute Gasteiger partial charge is 0.309 e. The van der Waals surface area contributed by atoms with Crippen LogP contribution >= 0.6 is 0 Å². The molecule has 0 aliphatic heterocycles. The Morgan fingerprint density at radius 3 is 2.32 bits per heavy atom. The van der Waals surface area contributed by atoms with Gasteiger partial charge < -0.3 is 4.57 Å². The smallest absolute Gasteiger partial charge is 0.0547 e. The Morgan fingerprint density at radius 2 is 1.42 bits per heavy atom. The molecule has 4 aromatic rings. The Kier molecular flexibility index (Phi) is 2.18. The van der Waals surface area contributed by atoms with Crippen LogP contribution in [0.1, 0.15) is 0 Å². The summed E-state index contributed by atoms with van der Waals surface area (Å²) in [7, 11) is 0. The predicted octanol–water partition coefficient (Wildman–Crippen LogP) is 4.58. The van der Waals surface area contributed by atoms with Gasteiger partial charge in [-0.25, -0.2) is 0 Å². The van der Waals surface area contributed by atoms with Gasteiger partial charge in [-0.1, -0.05) is 48.5 Å². The van der Waals surface area contributed by atoms with Crippen molar-refractivity contribution in [1.29, 1.82) is 0 Å². The van der Waals surface area contributed by atoms with Crippen LogP contribution in [-0.2, 0) is 0 Å². The van der Waals surface area contributed by atoms with Crippen molar-refractivity contribution in [3.8, 4) is 5.69 Å². The molecular weight excluding hydrogens is 230 g/mol. The van der Waals surface area contributed by atoms with Gasteiger partial charge in [-0.3, -0.25) is 0 Å². The van der Waals surface area contributed by atoms with E-state index in [1.54, 1.807) is 0 Å². The van der Waals surface area contributed by atoms with Gasteiger partial charge in [0.05, 0.1) is 11.0 Å². The number of rotatable bonds is 1. The van der Waals surface area contributed by atoms with Gasteiger partial charge >= 0.3 is 0 Å². The molecule has 0 atom stereocenters. The van der Waals surface area contributed by atoms with Gasteiger partial charge in [0.25, 0.3) is 0 Å². The molecule has 4 rings (SSSR count). The monoisotopic (exact) mass is 242 g/mol. The van der Waals surface area contributed by atoms with Gasteiger partial charge in [-0.2, -0.15) is 0 Å². The number of hydrogen-bond acceptors (Lipinski definition) is 0. The zero-order valence-corrected chi connectivity index (χ0v) is 10.4. The first kappa shape index (κ1) is 10.4. The minimum atomic E-state index is 1.18. The van der Waals surface area contributed by atoms with E-state index < -0.39 is 0 Å². The van der Waals surface area contributed by atoms with E-state index in [4.69, 9.17) is 0 Å². The molecule has 19 heavy (non-hydrogen) atoms. The zero-order chi connectivity index (χ0) is 12.7. The summed E-state index contributed by atoms with van der Waals surface area (Å²) in [5.74, 6) is 0. The Labute approximate surface area is 111 Å². The van der Waals surface area contributed by atoms with Crippen molar-refractivity contribution in [3.63, 3.8) is 0 Å². The van der Waals surface area contributed by atoms with Gasteiger partial charge in [0.15, 0.2) is 0 Å². The minimum absolute atomic E-state index is 1.18. The van der Waals surface area contributed by atoms with Crippen LogP contribution in [0.25, 0.3) is 27.5 Å². The summed E-state index contributed by atoms with van der Waals surface area (Å²) in [6, 6.07) is 28.5. The van der Waals surface area contributed by atoms with Crippen molar-refractivity contribution >= 4 is 21.8 Å². The fourth-order valence-electron chi connectivity index (χ4n) is 2.70. The van der Waals surface area contributed by atoms with Crippen LogP contribution in [-0.4, -0.2) is 4.57 Å². The molecule has 0 bridgehead atoms. The van der Waals surface area contributed by atoms with Gasteiger partial charge in [0, 0.05) is 16.5 Å². The van der Waals surface area contributed by atoms with E-state index in [0.29, 0.717) is 0 Å². The second-order valence-corrected chi connectivity index (χ2v) is 4.62. The highest BCUT2D eigenvalue weighted by molar-refractivity contribution is 6.08. The van der Waals surface area contributed by atoms with Crippen molar-refractivity contribution in [2.45, 2.75) is 0 Å². The maximum atomic E-state index is 3.36. The molecule has 1 aromatic heterocycles. The highest BCUT2D eigenvalue weighted by atomic mass is 15.0. The van der Waals surface area contributed by atoms with Crippen LogP contribution in [0.2, 0.25) is 0 Å². The van der Waals surface area contributed by atoms with Gasteiger partial charge in [-0.05, 0) is 30.3 Å². The Bertz CT molecular complexity index is 803. The van der Waals surface area contributed by atoms with Crippen LogP contribution in [0, 0.1) is 6.07 Å². The summed E-state index contributed by atoms with van der Waals surface area (Å²) < 4.78 is 2.29. The topological polar surface area (TPSA) is 4.93 Å². The molecule has 0 spiro atoms. The summed E-state index contributed by atoms with van der Waals surface area (Å²) in [5.41, 5.74) is 3.62. The lowest BCUT2D eigenvalue weighted by atomic mass is 10.2. The molecule has 0 aliphatic rings. The van der Waals surface area contributed by atoms with E-state index in [9.17, 15) is 0 Å². The second kappa shape index (κ2) is 3.99. The van der Waals surface area contributed by atoms with E-state index in [0.717, 1.165) is 0 Å². The summed E-state index contributed by atoms with van der Waals surface area (Å²) >= 11 is 0. The molecule has 0 amide bonds. The fourth-order valence-corrected chi connectivity index (χ4v) is 2.70. The third kappa shape index (κ3) is 1.48. The molecule has 1 radical (unpaired) electrons. The van der Waals surface area contributed by atoms with E-state index in [1.165, 1.54) is 27.5 Å². The zero-order valence-electron chi connectivity index (χ0n) is 10.4. The minimum Gasteiger partial charge on any atom is -0.309 e. The molecule has 1 nitrogen and oxygen atoms in total. The first-order valence-electron chi connectivity index (χ1n) is 6.40. The molecule has 1 heteroatoms. The van der Waals surface area contributed by atoms with Crippen molar-refractivity contribution < 1.29 is 0 Å². The van der Waals surface area contributed by atoms with Gasteiger partial charge in [0.1, 0.15) is 0 Å². The third-order valence-electron chi connectivity index (χ3n) is 3.50. The summed E-state index contributed by atoms with van der Waals surface area (Å²) in [5, 5.41) is 2.43. The maximum Gasteiger partial charge on any atom is 0.0547 e. The summed E-state index contributed by atoms with van der Waals surface area (Å²) in [4.78, 5) is 0. The van der Waals surface area contributed by atoms with Crippen molar-refractivity contribution in [2.24, 2.45) is 0 Å². The summed E-state index contributed by atoms with van der Waals surface area (Å²) in [6.07, 6.45) is 0. The number of fused-ring (bicyclic) bond motifs is 3. The number of hydrogen-bond donors (Lipinski definition) is 0. The average molecular weight is 242 g/mol. The average Bonchev–Trinajstić information content (AvgIpc) is 2.83. The number of para-hydroxylation sites is 2. The molecule has 3 aromatic carbocycles. The first-order chi connectivity index (χ1) is 9.45. The fraction of sp³-hybridized carbons (Fsp3) is 0. The predicted molar refractivity (Wildman–Crippen MR) is 79.6 cm³/mol. The Hall–Kier alpha value is -2.54. The molecule has 0 saturated carbocycles. The van der Waals surface area contributed by atoms with E-state index in [2.05, 4.69) is 65.2 Å². The summed E-state index contributed by atoms with van der Waals surface area (Å²) in [6.45, 7) is 0. The molecular formula is C18H12N. The van der Waals surface area contributed by atoms with Crippen LogP contribution < -0.4 is 0 Å². The normalized spacial score (nSPS) is 11.2. The quantitative estimate of drug-likeness (QED) is 0.460. The van der Waals surface area contributed by atoms with Crippen LogP contribution in [0.15, 0.2) is 72.8 Å². The van der Waals surface area contributed by atoms with Crippen molar-refractivity contribution in [3.05, 3.63) is 78.9 Å². The van der Waals surface area contributed by atoms with Gasteiger partial charge in [-0.15, -0.1) is 0 Å². The lowest BCUT2D eigenvalue weighted by Gasteiger charge is -2.06. The standard InChI is InChI=1S/C18H12N/c1-2-8-14(9-3-1)19-17-12-6-4-10-15(17)16-11-5-7-13-18(16)19/h1-10,12-13H. The van der Waals surface area contributed by atoms with Crippen LogP contribution in [0.4, 0.5) is 0 Å². The molecule has 0 aliphatic carbocycles. The van der Waals surface area contributed by atoms with Crippen molar-refractivity contribution in [1.82, 2.24) is 4.57 Å². The third-order valence-corrected chi connectivity index (χ3v) is 3.50. The van der Waals surface area contributed by atoms with E-state index in [-0.39, 0.29) is 0 Å². The molecule has 1 heterocycles. The van der Waals surface area contributed by atoms with Crippen LogP contribution in [0.5, 0.6) is 0 Å². The van der Waals surface area contributed by atoms with E-state index in [1.807, 2.05) is 18.2 Å². The van der Waals surface area contributed by atoms with E-state index >= 15 is 0 Å². The second-order valence-electron chi connectivity index (χ2n) is 4.62. The first-order valence-corrected chi connectivity index (χ1v) is 6.40. The molecule has 0 fully saturated rings.